The molecule has 0 saturated carbocycles. The summed E-state index contributed by atoms with van der Waals surface area (Å²) in [5, 5.41) is 4.05. The van der Waals surface area contributed by atoms with Crippen LogP contribution in [0.15, 0.2) is 18.2 Å². The van der Waals surface area contributed by atoms with Crippen molar-refractivity contribution < 1.29 is 38.6 Å². The monoisotopic (exact) mass is 300 g/mol. The van der Waals surface area contributed by atoms with Crippen LogP contribution in [0.3, 0.4) is 0 Å². The van der Waals surface area contributed by atoms with Gasteiger partial charge >= 0.3 is 12.1 Å². The average Bonchev–Trinajstić information content (AvgIpc) is 2.45. The van der Waals surface area contributed by atoms with Crippen LogP contribution in [-0.4, -0.2) is 32.4 Å². The maximum Gasteiger partial charge on any atom is 0.543 e. The van der Waals surface area contributed by atoms with Gasteiger partial charge in [0.05, 0.1) is 30.9 Å². The van der Waals surface area contributed by atoms with E-state index in [0.717, 1.165) is 0 Å². The highest BCUT2D eigenvalue weighted by molar-refractivity contribution is 5.90. The Balaban J connectivity index is 2.57. The summed E-state index contributed by atoms with van der Waals surface area (Å²) >= 11 is 0. The van der Waals surface area contributed by atoms with Crippen LogP contribution in [0.2, 0.25) is 0 Å². The largest absolute Gasteiger partial charge is 0.543 e. The molecule has 21 heavy (non-hydrogen) atoms. The lowest BCUT2D eigenvalue weighted by Gasteiger charge is -2.08. The van der Waals surface area contributed by atoms with Crippen molar-refractivity contribution in [2.75, 3.05) is 14.2 Å². The van der Waals surface area contributed by atoms with Gasteiger partial charge in [0.15, 0.2) is 0 Å². The minimum absolute atomic E-state index is 0.0898. The standard InChI is InChI=1S/C13H16O8/c1-8(2)18-13(15)20-21-19-12(14)9-5-10(16-3)7-11(6-9)17-4/h5-8H,1-4H3. The molecule has 1 aromatic rings. The Hall–Kier alpha value is -2.48. The minimum Gasteiger partial charge on any atom is -0.497 e. The molecule has 1 rings (SSSR count). The molecule has 0 aliphatic heterocycles. The summed E-state index contributed by atoms with van der Waals surface area (Å²) < 4.78 is 14.6. The van der Waals surface area contributed by atoms with Crippen LogP contribution in [0.4, 0.5) is 4.79 Å². The third-order valence-electron chi connectivity index (χ3n) is 2.13. The SMILES string of the molecule is COc1cc(OC)cc(C(=O)OOOC(=O)OC(C)C)c1. The lowest BCUT2D eigenvalue weighted by molar-refractivity contribution is -0.452. The van der Waals surface area contributed by atoms with Crippen molar-refractivity contribution >= 4 is 12.1 Å². The molecule has 0 radical (unpaired) electrons. The van der Waals surface area contributed by atoms with Crippen molar-refractivity contribution in [2.45, 2.75) is 20.0 Å². The lowest BCUT2D eigenvalue weighted by atomic mass is 10.2. The van der Waals surface area contributed by atoms with Gasteiger partial charge in [-0.2, -0.15) is 0 Å². The van der Waals surface area contributed by atoms with Crippen LogP contribution < -0.4 is 9.47 Å². The van der Waals surface area contributed by atoms with Crippen molar-refractivity contribution in [1.29, 1.82) is 0 Å². The summed E-state index contributed by atoms with van der Waals surface area (Å²) in [7, 11) is 2.87. The van der Waals surface area contributed by atoms with Crippen LogP contribution in [0.25, 0.3) is 0 Å². The second-order valence-electron chi connectivity index (χ2n) is 4.04. The van der Waals surface area contributed by atoms with Crippen LogP contribution in [0.1, 0.15) is 24.2 Å². The Kier molecular flexibility index (Phi) is 6.28. The summed E-state index contributed by atoms with van der Waals surface area (Å²) in [6.07, 6.45) is -1.51. The van der Waals surface area contributed by atoms with Crippen LogP contribution in [-0.2, 0) is 19.6 Å². The van der Waals surface area contributed by atoms with Crippen LogP contribution in [0.5, 0.6) is 11.5 Å². The van der Waals surface area contributed by atoms with Crippen molar-refractivity contribution in [3.8, 4) is 11.5 Å². The Labute approximate surface area is 121 Å². The van der Waals surface area contributed by atoms with E-state index in [0.29, 0.717) is 11.5 Å². The second-order valence-corrected chi connectivity index (χ2v) is 4.04. The zero-order valence-corrected chi connectivity index (χ0v) is 12.1. The number of ether oxygens (including phenoxy) is 3. The molecule has 0 saturated heterocycles. The van der Waals surface area contributed by atoms with E-state index in [-0.39, 0.29) is 11.7 Å². The first-order chi connectivity index (χ1) is 9.96. The van der Waals surface area contributed by atoms with E-state index in [4.69, 9.17) is 9.47 Å². The molecule has 1 aromatic carbocycles. The molecule has 0 bridgehead atoms. The normalized spacial score (nSPS) is 9.95. The van der Waals surface area contributed by atoms with E-state index >= 15 is 0 Å². The highest BCUT2D eigenvalue weighted by Crippen LogP contribution is 2.23. The van der Waals surface area contributed by atoms with Crippen LogP contribution >= 0.6 is 0 Å². The third-order valence-corrected chi connectivity index (χ3v) is 2.13. The van der Waals surface area contributed by atoms with E-state index in [2.05, 4.69) is 19.6 Å². The number of hydrogen-bond donors (Lipinski definition) is 0. The molecule has 8 nitrogen and oxygen atoms in total. The fraction of sp³-hybridized carbons (Fsp3) is 0.385. The Bertz CT molecular complexity index is 475. The quantitative estimate of drug-likeness (QED) is 0.449. The Morgan fingerprint density at radius 1 is 0.952 bits per heavy atom. The first-order valence-electron chi connectivity index (χ1n) is 5.95. The maximum atomic E-state index is 11.7. The summed E-state index contributed by atoms with van der Waals surface area (Å²) in [6, 6.07) is 4.38. The first-order valence-corrected chi connectivity index (χ1v) is 5.95. The van der Waals surface area contributed by atoms with E-state index in [1.54, 1.807) is 19.9 Å². The number of hydrogen-bond acceptors (Lipinski definition) is 8. The molecule has 0 fully saturated rings. The number of carbonyl (C=O) groups is 2. The van der Waals surface area contributed by atoms with Gasteiger partial charge < -0.3 is 14.2 Å². The molecule has 0 amide bonds. The van der Waals surface area contributed by atoms with Gasteiger partial charge in [-0.15, -0.1) is 0 Å². The van der Waals surface area contributed by atoms with Gasteiger partial charge in [0.1, 0.15) is 11.5 Å². The summed E-state index contributed by atoms with van der Waals surface area (Å²) in [6.45, 7) is 3.24. The Morgan fingerprint density at radius 3 is 2.00 bits per heavy atom. The highest BCUT2D eigenvalue weighted by Gasteiger charge is 2.15. The fourth-order valence-electron chi connectivity index (χ4n) is 1.26. The molecule has 116 valence electrons. The summed E-state index contributed by atoms with van der Waals surface area (Å²) in [5.41, 5.74) is 0.0898. The number of benzene rings is 1. The first kappa shape index (κ1) is 16.6. The Morgan fingerprint density at radius 2 is 1.52 bits per heavy atom. The van der Waals surface area contributed by atoms with Crippen molar-refractivity contribution in [1.82, 2.24) is 0 Å². The molecule has 0 aliphatic rings. The van der Waals surface area contributed by atoms with Gasteiger partial charge in [0, 0.05) is 6.07 Å². The van der Waals surface area contributed by atoms with Crippen LogP contribution in [0, 0.1) is 0 Å². The third kappa shape index (κ3) is 5.57. The van der Waals surface area contributed by atoms with Crippen molar-refractivity contribution in [3.05, 3.63) is 23.8 Å². The number of methoxy groups -OCH3 is 2. The molecule has 0 atom stereocenters. The molecular formula is C13H16O8. The van der Waals surface area contributed by atoms with Gasteiger partial charge in [-0.25, -0.2) is 14.5 Å². The molecule has 0 N–H and O–H groups in total. The molecule has 8 heteroatoms. The molecular weight excluding hydrogens is 284 g/mol. The lowest BCUT2D eigenvalue weighted by Crippen LogP contribution is -2.15. The predicted molar refractivity (Wildman–Crippen MR) is 68.7 cm³/mol. The molecule has 0 heterocycles. The number of carbonyl (C=O) groups excluding carboxylic acids is 2. The highest BCUT2D eigenvalue weighted by atomic mass is 17.5. The zero-order chi connectivity index (χ0) is 15.8. The minimum atomic E-state index is -1.12. The van der Waals surface area contributed by atoms with E-state index < -0.39 is 12.1 Å². The molecule has 0 aromatic heterocycles. The predicted octanol–water partition coefficient (Wildman–Crippen LogP) is 2.27. The fourth-order valence-corrected chi connectivity index (χ4v) is 1.26. The molecule has 0 spiro atoms. The van der Waals surface area contributed by atoms with Gasteiger partial charge in [0.25, 0.3) is 0 Å². The van der Waals surface area contributed by atoms with E-state index in [1.807, 2.05) is 0 Å². The van der Waals surface area contributed by atoms with Gasteiger partial charge in [-0.05, 0) is 26.0 Å². The van der Waals surface area contributed by atoms with Crippen molar-refractivity contribution in [2.24, 2.45) is 0 Å². The summed E-state index contributed by atoms with van der Waals surface area (Å²) in [5.74, 6) is -0.118. The van der Waals surface area contributed by atoms with Gasteiger partial charge in [-0.3, -0.25) is 4.89 Å². The number of rotatable bonds is 6. The zero-order valence-electron chi connectivity index (χ0n) is 12.1. The maximum absolute atomic E-state index is 11.7. The molecule has 0 unspecified atom stereocenters. The van der Waals surface area contributed by atoms with Crippen molar-refractivity contribution in [3.63, 3.8) is 0 Å². The average molecular weight is 300 g/mol. The molecule has 0 aliphatic carbocycles. The topological polar surface area (TPSA) is 89.5 Å². The second kappa shape index (κ2) is 7.95. The smallest absolute Gasteiger partial charge is 0.497 e. The van der Waals surface area contributed by atoms with Gasteiger partial charge in [0.2, 0.25) is 0 Å². The van der Waals surface area contributed by atoms with E-state index in [1.165, 1.54) is 26.4 Å². The van der Waals surface area contributed by atoms with Gasteiger partial charge in [-0.1, -0.05) is 0 Å². The summed E-state index contributed by atoms with van der Waals surface area (Å²) in [4.78, 5) is 31.1. The van der Waals surface area contributed by atoms with E-state index in [9.17, 15) is 9.59 Å².